The quantitative estimate of drug-likeness (QED) is 0.875. The molecule has 0 aromatic carbocycles. The third-order valence-corrected chi connectivity index (χ3v) is 3.69. The number of aliphatic hydroxyl groups excluding tert-OH is 1. The van der Waals surface area contributed by atoms with Gasteiger partial charge in [-0.15, -0.1) is 0 Å². The second-order valence-corrected chi connectivity index (χ2v) is 5.35. The highest BCUT2D eigenvalue weighted by molar-refractivity contribution is 5.36. The average Bonchev–Trinajstić information content (AvgIpc) is 2.47. The number of halogens is 3. The SMILES string of the molecule is OC[C@H]1CCCN(CCNc2ccc(C(F)(F)F)cn2)C1. The van der Waals surface area contributed by atoms with Crippen molar-refractivity contribution < 1.29 is 18.3 Å². The molecule has 2 N–H and O–H groups in total. The normalized spacial score (nSPS) is 20.5. The zero-order valence-corrected chi connectivity index (χ0v) is 11.7. The van der Waals surface area contributed by atoms with Gasteiger partial charge >= 0.3 is 6.18 Å². The minimum Gasteiger partial charge on any atom is -0.396 e. The number of nitrogens with one attached hydrogen (secondary N) is 1. The second kappa shape index (κ2) is 7.09. The number of hydrogen-bond donors (Lipinski definition) is 2. The lowest BCUT2D eigenvalue weighted by molar-refractivity contribution is -0.137. The molecular formula is C14H20F3N3O. The van der Waals surface area contributed by atoms with Gasteiger partial charge in [-0.05, 0) is 37.4 Å². The number of pyridine rings is 1. The number of likely N-dealkylation sites (tertiary alicyclic amines) is 1. The van der Waals surface area contributed by atoms with Crippen LogP contribution in [-0.4, -0.2) is 47.8 Å². The van der Waals surface area contributed by atoms with E-state index in [0.717, 1.165) is 44.7 Å². The van der Waals surface area contributed by atoms with Crippen LogP contribution in [0.2, 0.25) is 0 Å². The van der Waals surface area contributed by atoms with Gasteiger partial charge in [0.1, 0.15) is 5.82 Å². The van der Waals surface area contributed by atoms with Crippen LogP contribution < -0.4 is 5.32 Å². The van der Waals surface area contributed by atoms with E-state index in [1.807, 2.05) is 0 Å². The van der Waals surface area contributed by atoms with Crippen LogP contribution in [0.15, 0.2) is 18.3 Å². The summed E-state index contributed by atoms with van der Waals surface area (Å²) in [6.07, 6.45) is -1.38. The second-order valence-electron chi connectivity index (χ2n) is 5.35. The molecule has 118 valence electrons. The Morgan fingerprint density at radius 2 is 2.19 bits per heavy atom. The lowest BCUT2D eigenvalue weighted by atomic mass is 9.99. The van der Waals surface area contributed by atoms with Gasteiger partial charge < -0.3 is 15.3 Å². The van der Waals surface area contributed by atoms with Crippen molar-refractivity contribution in [3.63, 3.8) is 0 Å². The van der Waals surface area contributed by atoms with E-state index >= 15 is 0 Å². The van der Waals surface area contributed by atoms with Crippen molar-refractivity contribution in [2.75, 3.05) is 38.1 Å². The molecule has 0 radical (unpaired) electrons. The molecule has 0 saturated carbocycles. The summed E-state index contributed by atoms with van der Waals surface area (Å²) in [4.78, 5) is 6.02. The Hall–Kier alpha value is -1.34. The number of anilines is 1. The summed E-state index contributed by atoms with van der Waals surface area (Å²) in [6, 6.07) is 2.37. The maximum absolute atomic E-state index is 12.4. The molecule has 1 aromatic rings. The number of rotatable bonds is 5. The van der Waals surface area contributed by atoms with Crippen LogP contribution in [0, 0.1) is 5.92 Å². The summed E-state index contributed by atoms with van der Waals surface area (Å²) in [5.74, 6) is 0.779. The van der Waals surface area contributed by atoms with E-state index in [4.69, 9.17) is 5.11 Å². The minimum atomic E-state index is -4.35. The first kappa shape index (κ1) is 16.0. The third-order valence-electron chi connectivity index (χ3n) is 3.69. The van der Waals surface area contributed by atoms with E-state index in [2.05, 4.69) is 15.2 Å². The number of aliphatic hydroxyl groups is 1. The van der Waals surface area contributed by atoms with Crippen molar-refractivity contribution in [3.8, 4) is 0 Å². The summed E-state index contributed by atoms with van der Waals surface area (Å²) < 4.78 is 37.2. The molecule has 4 nitrogen and oxygen atoms in total. The fraction of sp³-hybridized carbons (Fsp3) is 0.643. The Labute approximate surface area is 122 Å². The molecule has 1 aliphatic rings. The fourth-order valence-corrected chi connectivity index (χ4v) is 2.51. The molecule has 2 rings (SSSR count). The Balaban J connectivity index is 1.76. The lowest BCUT2D eigenvalue weighted by Crippen LogP contribution is -2.39. The summed E-state index contributed by atoms with van der Waals surface area (Å²) in [6.45, 7) is 3.50. The number of alkyl halides is 3. The smallest absolute Gasteiger partial charge is 0.396 e. The van der Waals surface area contributed by atoms with E-state index in [-0.39, 0.29) is 6.61 Å². The molecule has 0 spiro atoms. The van der Waals surface area contributed by atoms with E-state index < -0.39 is 11.7 Å². The minimum absolute atomic E-state index is 0.213. The van der Waals surface area contributed by atoms with Crippen molar-refractivity contribution in [1.82, 2.24) is 9.88 Å². The van der Waals surface area contributed by atoms with E-state index in [1.54, 1.807) is 0 Å². The molecule has 1 saturated heterocycles. The van der Waals surface area contributed by atoms with Crippen LogP contribution in [0.4, 0.5) is 19.0 Å². The van der Waals surface area contributed by atoms with Crippen LogP contribution in [0.5, 0.6) is 0 Å². The number of nitrogens with zero attached hydrogens (tertiary/aromatic N) is 2. The maximum atomic E-state index is 12.4. The Morgan fingerprint density at radius 3 is 2.81 bits per heavy atom. The van der Waals surface area contributed by atoms with E-state index in [0.29, 0.717) is 18.3 Å². The number of hydrogen-bond acceptors (Lipinski definition) is 4. The van der Waals surface area contributed by atoms with Crippen molar-refractivity contribution in [2.24, 2.45) is 5.92 Å². The molecule has 0 unspecified atom stereocenters. The fourth-order valence-electron chi connectivity index (χ4n) is 2.51. The van der Waals surface area contributed by atoms with Gasteiger partial charge in [-0.3, -0.25) is 0 Å². The van der Waals surface area contributed by atoms with Crippen LogP contribution >= 0.6 is 0 Å². The van der Waals surface area contributed by atoms with Gasteiger partial charge in [0.2, 0.25) is 0 Å². The molecule has 1 fully saturated rings. The molecule has 1 atom stereocenters. The molecule has 2 heterocycles. The molecule has 0 bridgehead atoms. The third kappa shape index (κ3) is 4.86. The van der Waals surface area contributed by atoms with Crippen molar-refractivity contribution >= 4 is 5.82 Å². The van der Waals surface area contributed by atoms with Gasteiger partial charge in [0, 0.05) is 32.4 Å². The summed E-state index contributed by atoms with van der Waals surface area (Å²) >= 11 is 0. The Kier molecular flexibility index (Phi) is 5.41. The highest BCUT2D eigenvalue weighted by atomic mass is 19.4. The molecule has 1 aliphatic heterocycles. The highest BCUT2D eigenvalue weighted by Crippen LogP contribution is 2.28. The molecule has 0 amide bonds. The van der Waals surface area contributed by atoms with E-state index in [9.17, 15) is 13.2 Å². The topological polar surface area (TPSA) is 48.4 Å². The summed E-state index contributed by atoms with van der Waals surface area (Å²) in [7, 11) is 0. The van der Waals surface area contributed by atoms with Crippen LogP contribution in [0.25, 0.3) is 0 Å². The van der Waals surface area contributed by atoms with E-state index in [1.165, 1.54) is 6.07 Å². The van der Waals surface area contributed by atoms with Crippen LogP contribution in [0.3, 0.4) is 0 Å². The van der Waals surface area contributed by atoms with Crippen LogP contribution in [-0.2, 0) is 6.18 Å². The Morgan fingerprint density at radius 1 is 1.38 bits per heavy atom. The zero-order valence-electron chi connectivity index (χ0n) is 11.7. The first-order chi connectivity index (χ1) is 9.99. The van der Waals surface area contributed by atoms with Gasteiger partial charge in [0.05, 0.1) is 5.56 Å². The van der Waals surface area contributed by atoms with Gasteiger partial charge in [0.25, 0.3) is 0 Å². The zero-order chi connectivity index (χ0) is 15.3. The van der Waals surface area contributed by atoms with Crippen molar-refractivity contribution in [1.29, 1.82) is 0 Å². The Bertz CT molecular complexity index is 436. The molecule has 7 heteroatoms. The van der Waals surface area contributed by atoms with Gasteiger partial charge in [0.15, 0.2) is 0 Å². The average molecular weight is 303 g/mol. The first-order valence-electron chi connectivity index (χ1n) is 7.09. The maximum Gasteiger partial charge on any atom is 0.417 e. The summed E-state index contributed by atoms with van der Waals surface area (Å²) in [5.41, 5.74) is -0.741. The predicted octanol–water partition coefficient (Wildman–Crippen LogP) is 2.22. The molecular weight excluding hydrogens is 283 g/mol. The first-order valence-corrected chi connectivity index (χ1v) is 7.09. The predicted molar refractivity (Wildman–Crippen MR) is 74.0 cm³/mol. The lowest BCUT2D eigenvalue weighted by Gasteiger charge is -2.31. The van der Waals surface area contributed by atoms with Gasteiger partial charge in [-0.2, -0.15) is 13.2 Å². The standard InChI is InChI=1S/C14H20F3N3O/c15-14(16,17)12-3-4-13(19-8-12)18-5-7-20-6-1-2-11(9-20)10-21/h3-4,8,11,21H,1-2,5-7,9-10H2,(H,18,19)/t11-/m0/s1. The summed E-state index contributed by atoms with van der Waals surface area (Å²) in [5, 5.41) is 12.2. The number of piperidine rings is 1. The molecule has 21 heavy (non-hydrogen) atoms. The van der Waals surface area contributed by atoms with Crippen LogP contribution in [0.1, 0.15) is 18.4 Å². The van der Waals surface area contributed by atoms with Crippen molar-refractivity contribution in [2.45, 2.75) is 19.0 Å². The largest absolute Gasteiger partial charge is 0.417 e. The molecule has 1 aromatic heterocycles. The highest BCUT2D eigenvalue weighted by Gasteiger charge is 2.30. The van der Waals surface area contributed by atoms with Gasteiger partial charge in [-0.1, -0.05) is 0 Å². The molecule has 0 aliphatic carbocycles. The monoisotopic (exact) mass is 303 g/mol. The van der Waals surface area contributed by atoms with Gasteiger partial charge in [-0.25, -0.2) is 4.98 Å². The number of aromatic nitrogens is 1. The van der Waals surface area contributed by atoms with Crippen molar-refractivity contribution in [3.05, 3.63) is 23.9 Å².